The van der Waals surface area contributed by atoms with Gasteiger partial charge in [0.1, 0.15) is 17.6 Å². The summed E-state index contributed by atoms with van der Waals surface area (Å²) in [6.45, 7) is 0.166. The smallest absolute Gasteiger partial charge is 0.335 e. The summed E-state index contributed by atoms with van der Waals surface area (Å²) in [5, 5.41) is 13.7. The van der Waals surface area contributed by atoms with Gasteiger partial charge in [-0.3, -0.25) is 4.98 Å². The Balaban J connectivity index is 1.45. The number of anilines is 1. The van der Waals surface area contributed by atoms with Gasteiger partial charge in [0, 0.05) is 23.5 Å². The molecular weight excluding hydrogens is 502 g/mol. The number of hydrogen-bond acceptors (Lipinski definition) is 6. The first-order chi connectivity index (χ1) is 17.5. The summed E-state index contributed by atoms with van der Waals surface area (Å²) in [4.78, 5) is 18.0. The molecule has 36 heavy (non-hydrogen) atoms. The molecular formula is C26H18ClN3O5S. The number of fused-ring (bicyclic) bond motifs is 1. The Kier molecular flexibility index (Phi) is 5.50. The fraction of sp³-hybridized carbons (Fsp3) is 0.115. The molecule has 2 aliphatic rings. The van der Waals surface area contributed by atoms with Crippen molar-refractivity contribution in [3.8, 4) is 22.8 Å². The number of carboxylic acids is 1. The molecule has 4 heterocycles. The predicted octanol–water partition coefficient (Wildman–Crippen LogP) is 5.60. The molecule has 2 N–H and O–H groups in total. The standard InChI is InChI=1S/C26H18ClN3O5S/c27-17-6-4-14(25(31)32)11-16(17)19-8-9-21(35-19)24-23(18-3-1-2-10-28-18)29-26(36)30(24)15-5-7-20-22(12-15)34-13-33-20/h1-12,23-24H,13H2,(H,29,36)(H,31,32)/t23-,24-/m1/s1. The zero-order valence-electron chi connectivity index (χ0n) is 18.6. The van der Waals surface area contributed by atoms with Gasteiger partial charge in [-0.15, -0.1) is 0 Å². The van der Waals surface area contributed by atoms with Crippen molar-refractivity contribution in [2.24, 2.45) is 0 Å². The van der Waals surface area contributed by atoms with E-state index in [1.807, 2.05) is 47.4 Å². The molecule has 1 fully saturated rings. The Morgan fingerprint density at radius 2 is 1.94 bits per heavy atom. The highest BCUT2D eigenvalue weighted by atomic mass is 35.5. The lowest BCUT2D eigenvalue weighted by Gasteiger charge is -2.26. The Morgan fingerprint density at radius 3 is 2.75 bits per heavy atom. The van der Waals surface area contributed by atoms with Crippen LogP contribution in [0.15, 0.2) is 77.3 Å². The summed E-state index contributed by atoms with van der Waals surface area (Å²) < 4.78 is 17.4. The maximum atomic E-state index is 11.5. The van der Waals surface area contributed by atoms with Crippen molar-refractivity contribution in [3.05, 3.63) is 95.0 Å². The van der Waals surface area contributed by atoms with Crippen LogP contribution >= 0.6 is 23.8 Å². The van der Waals surface area contributed by atoms with Crippen molar-refractivity contribution in [2.45, 2.75) is 12.1 Å². The number of pyridine rings is 1. The largest absolute Gasteiger partial charge is 0.478 e. The van der Waals surface area contributed by atoms with Gasteiger partial charge in [-0.25, -0.2) is 4.79 Å². The maximum absolute atomic E-state index is 11.5. The number of nitrogens with one attached hydrogen (secondary N) is 1. The monoisotopic (exact) mass is 519 g/mol. The van der Waals surface area contributed by atoms with Crippen molar-refractivity contribution in [3.63, 3.8) is 0 Å². The van der Waals surface area contributed by atoms with Crippen LogP contribution < -0.4 is 19.7 Å². The van der Waals surface area contributed by atoms with Gasteiger partial charge in [0.15, 0.2) is 16.6 Å². The number of aromatic nitrogens is 1. The molecule has 180 valence electrons. The summed E-state index contributed by atoms with van der Waals surface area (Å²) in [6.07, 6.45) is 1.73. The minimum atomic E-state index is -1.05. The maximum Gasteiger partial charge on any atom is 0.335 e. The molecule has 4 aromatic rings. The van der Waals surface area contributed by atoms with Crippen LogP contribution in [0.3, 0.4) is 0 Å². The van der Waals surface area contributed by atoms with Gasteiger partial charge in [-0.1, -0.05) is 17.7 Å². The number of hydrogen-bond donors (Lipinski definition) is 2. The van der Waals surface area contributed by atoms with Crippen molar-refractivity contribution in [2.75, 3.05) is 11.7 Å². The molecule has 10 heteroatoms. The SMILES string of the molecule is O=C(O)c1ccc(Cl)c(-c2ccc([C@@H]3[C@@H](c4ccccn4)NC(=S)N3c3ccc4c(c3)OCO4)o2)c1. The minimum Gasteiger partial charge on any atom is -0.478 e. The van der Waals surface area contributed by atoms with Crippen LogP contribution in [0.1, 0.15) is 33.9 Å². The Bertz CT molecular complexity index is 1490. The number of rotatable bonds is 5. The molecule has 2 aliphatic heterocycles. The average Bonchev–Trinajstić information content (AvgIpc) is 3.62. The molecule has 2 aromatic carbocycles. The van der Waals surface area contributed by atoms with Gasteiger partial charge in [0.2, 0.25) is 6.79 Å². The van der Waals surface area contributed by atoms with Crippen LogP contribution in [0.2, 0.25) is 5.02 Å². The highest BCUT2D eigenvalue weighted by molar-refractivity contribution is 7.80. The minimum absolute atomic E-state index is 0.115. The summed E-state index contributed by atoms with van der Waals surface area (Å²) in [5.74, 6) is 1.30. The number of carbonyl (C=O) groups is 1. The van der Waals surface area contributed by atoms with E-state index in [0.717, 1.165) is 11.4 Å². The van der Waals surface area contributed by atoms with Crippen LogP contribution in [0, 0.1) is 0 Å². The van der Waals surface area contributed by atoms with E-state index in [4.69, 9.17) is 37.7 Å². The fourth-order valence-electron chi connectivity index (χ4n) is 4.46. The van der Waals surface area contributed by atoms with Gasteiger partial charge in [-0.05, 0) is 66.8 Å². The van der Waals surface area contributed by atoms with E-state index in [1.165, 1.54) is 12.1 Å². The molecule has 8 nitrogen and oxygen atoms in total. The summed E-state index contributed by atoms with van der Waals surface area (Å²) >= 11 is 12.2. The van der Waals surface area contributed by atoms with Crippen molar-refractivity contribution in [1.82, 2.24) is 10.3 Å². The van der Waals surface area contributed by atoms with E-state index in [2.05, 4.69) is 10.3 Å². The fourth-order valence-corrected chi connectivity index (χ4v) is 5.02. The topological polar surface area (TPSA) is 97.1 Å². The predicted molar refractivity (Wildman–Crippen MR) is 137 cm³/mol. The van der Waals surface area contributed by atoms with E-state index >= 15 is 0 Å². The quantitative estimate of drug-likeness (QED) is 0.326. The highest BCUT2D eigenvalue weighted by Crippen LogP contribution is 2.45. The van der Waals surface area contributed by atoms with Gasteiger partial charge >= 0.3 is 5.97 Å². The van der Waals surface area contributed by atoms with Crippen LogP contribution in [-0.4, -0.2) is 28.0 Å². The molecule has 1 saturated heterocycles. The zero-order valence-corrected chi connectivity index (χ0v) is 20.1. The molecule has 2 aromatic heterocycles. The van der Waals surface area contributed by atoms with Crippen LogP contribution in [-0.2, 0) is 0 Å². The Hall–Kier alpha value is -4.08. The van der Waals surface area contributed by atoms with E-state index < -0.39 is 12.0 Å². The molecule has 6 rings (SSSR count). The molecule has 2 atom stereocenters. The lowest BCUT2D eigenvalue weighted by atomic mass is 10.0. The second-order valence-corrected chi connectivity index (χ2v) is 9.03. The second-order valence-electron chi connectivity index (χ2n) is 8.24. The molecule has 0 saturated carbocycles. The first-order valence-corrected chi connectivity index (χ1v) is 11.8. The average molecular weight is 520 g/mol. The lowest BCUT2D eigenvalue weighted by molar-refractivity contribution is 0.0697. The second kappa shape index (κ2) is 8.85. The van der Waals surface area contributed by atoms with E-state index in [0.29, 0.717) is 38.7 Å². The summed E-state index contributed by atoms with van der Waals surface area (Å²) in [7, 11) is 0. The first kappa shape index (κ1) is 22.4. The van der Waals surface area contributed by atoms with Gasteiger partial charge in [0.25, 0.3) is 0 Å². The summed E-state index contributed by atoms with van der Waals surface area (Å²) in [6, 6.07) is 18.7. The lowest BCUT2D eigenvalue weighted by Crippen LogP contribution is -2.29. The molecule has 0 radical (unpaired) electrons. The third-order valence-electron chi connectivity index (χ3n) is 6.13. The Labute approximate surface area is 216 Å². The molecule has 0 bridgehead atoms. The van der Waals surface area contributed by atoms with Crippen LogP contribution in [0.4, 0.5) is 5.69 Å². The van der Waals surface area contributed by atoms with Gasteiger partial charge in [-0.2, -0.15) is 0 Å². The third-order valence-corrected chi connectivity index (χ3v) is 6.77. The number of nitrogens with zero attached hydrogens (tertiary/aromatic N) is 2. The van der Waals surface area contributed by atoms with Gasteiger partial charge in [0.05, 0.1) is 22.3 Å². The number of ether oxygens (including phenoxy) is 2. The van der Waals surface area contributed by atoms with E-state index in [9.17, 15) is 9.90 Å². The number of thiocarbonyl (C=S) groups is 1. The summed E-state index contributed by atoms with van der Waals surface area (Å²) in [5.41, 5.74) is 2.19. The van der Waals surface area contributed by atoms with Crippen molar-refractivity contribution in [1.29, 1.82) is 0 Å². The molecule has 0 aliphatic carbocycles. The number of benzene rings is 2. The van der Waals surface area contributed by atoms with Crippen LogP contribution in [0.25, 0.3) is 11.3 Å². The first-order valence-electron chi connectivity index (χ1n) is 11.0. The molecule has 0 amide bonds. The third kappa shape index (κ3) is 3.82. The van der Waals surface area contributed by atoms with E-state index in [-0.39, 0.29) is 18.4 Å². The number of carboxylic acid groups (broad SMARTS) is 1. The molecule has 0 unspecified atom stereocenters. The number of halogens is 1. The van der Waals surface area contributed by atoms with E-state index in [1.54, 1.807) is 18.3 Å². The number of furan rings is 1. The number of aromatic carboxylic acids is 1. The Morgan fingerprint density at radius 1 is 1.08 bits per heavy atom. The normalized spacial score (nSPS) is 18.4. The van der Waals surface area contributed by atoms with Crippen molar-refractivity contribution < 1.29 is 23.8 Å². The van der Waals surface area contributed by atoms with Crippen molar-refractivity contribution >= 4 is 40.6 Å². The van der Waals surface area contributed by atoms with Gasteiger partial charge < -0.3 is 29.2 Å². The molecule has 0 spiro atoms. The van der Waals surface area contributed by atoms with Crippen LogP contribution in [0.5, 0.6) is 11.5 Å². The highest BCUT2D eigenvalue weighted by Gasteiger charge is 2.43. The zero-order chi connectivity index (χ0) is 24.8.